The Balaban J connectivity index is 1.58. The van der Waals surface area contributed by atoms with Gasteiger partial charge in [0.2, 0.25) is 0 Å². The maximum atomic E-state index is 2.67. The first kappa shape index (κ1) is 20.1. The van der Waals surface area contributed by atoms with Crippen LogP contribution in [-0.4, -0.2) is 31.1 Å². The topological polar surface area (TPSA) is 6.48 Å². The molecule has 0 radical (unpaired) electrons. The van der Waals surface area contributed by atoms with Gasteiger partial charge in [-0.25, -0.2) is 0 Å². The van der Waals surface area contributed by atoms with E-state index < -0.39 is 0 Å². The third-order valence-electron chi connectivity index (χ3n) is 7.19. The molecule has 1 aliphatic heterocycles. The molecule has 0 saturated carbocycles. The molecule has 4 aromatic rings. The Morgan fingerprint density at radius 1 is 0.871 bits per heavy atom. The Morgan fingerprint density at radius 3 is 2.45 bits per heavy atom. The molecule has 158 valence electrons. The van der Waals surface area contributed by atoms with E-state index in [1.165, 1.54) is 52.2 Å². The van der Waals surface area contributed by atoms with Gasteiger partial charge in [-0.15, -0.1) is 0 Å². The average Bonchev–Trinajstić information content (AvgIpc) is 3.29. The maximum absolute atomic E-state index is 2.67. The molecule has 1 heterocycles. The Bertz CT molecular complexity index is 1180. The highest BCUT2D eigenvalue weighted by Gasteiger charge is 2.29. The molecule has 0 spiro atoms. The molecule has 2 unspecified atom stereocenters. The van der Waals surface area contributed by atoms with Gasteiger partial charge in [0.25, 0.3) is 0 Å². The summed E-state index contributed by atoms with van der Waals surface area (Å²) >= 11 is 0. The zero-order chi connectivity index (χ0) is 21.2. The van der Waals surface area contributed by atoms with Crippen molar-refractivity contribution in [2.75, 3.05) is 25.0 Å². The molecular formula is C29H32N2. The third kappa shape index (κ3) is 3.93. The SMILES string of the molecule is CCN1CCCC1CC(c1cccc2ccccc12)N(C)c1ccc2ccccc2c1. The van der Waals surface area contributed by atoms with Crippen LogP contribution in [0.25, 0.3) is 21.5 Å². The molecule has 1 fully saturated rings. The molecule has 2 nitrogen and oxygen atoms in total. The van der Waals surface area contributed by atoms with Gasteiger partial charge in [-0.2, -0.15) is 0 Å². The summed E-state index contributed by atoms with van der Waals surface area (Å²) < 4.78 is 0. The fourth-order valence-electron chi connectivity index (χ4n) is 5.45. The van der Waals surface area contributed by atoms with Crippen molar-refractivity contribution in [3.63, 3.8) is 0 Å². The van der Waals surface area contributed by atoms with E-state index in [1.54, 1.807) is 0 Å². The first-order valence-corrected chi connectivity index (χ1v) is 11.7. The van der Waals surface area contributed by atoms with Gasteiger partial charge < -0.3 is 9.80 Å². The Labute approximate surface area is 186 Å². The Kier molecular flexibility index (Phi) is 5.65. The van der Waals surface area contributed by atoms with Crippen molar-refractivity contribution in [3.8, 4) is 0 Å². The van der Waals surface area contributed by atoms with E-state index in [1.807, 2.05) is 0 Å². The first-order chi connectivity index (χ1) is 15.2. The molecule has 0 bridgehead atoms. The highest BCUT2D eigenvalue weighted by Crippen LogP contribution is 2.37. The van der Waals surface area contributed by atoms with Crippen LogP contribution >= 0.6 is 0 Å². The minimum absolute atomic E-state index is 0.337. The van der Waals surface area contributed by atoms with E-state index in [0.717, 1.165) is 13.0 Å². The zero-order valence-corrected chi connectivity index (χ0v) is 18.7. The largest absolute Gasteiger partial charge is 0.367 e. The molecule has 4 aromatic carbocycles. The van der Waals surface area contributed by atoms with Gasteiger partial charge in [-0.05, 0) is 71.6 Å². The lowest BCUT2D eigenvalue weighted by molar-refractivity contribution is 0.244. The molecule has 1 aliphatic rings. The summed E-state index contributed by atoms with van der Waals surface area (Å²) in [5, 5.41) is 5.31. The van der Waals surface area contributed by atoms with Crippen LogP contribution in [0.5, 0.6) is 0 Å². The van der Waals surface area contributed by atoms with Gasteiger partial charge in [-0.1, -0.05) is 79.7 Å². The first-order valence-electron chi connectivity index (χ1n) is 11.7. The van der Waals surface area contributed by atoms with Crippen molar-refractivity contribution in [1.82, 2.24) is 4.90 Å². The molecule has 1 saturated heterocycles. The number of likely N-dealkylation sites (tertiary alicyclic amines) is 1. The van der Waals surface area contributed by atoms with Gasteiger partial charge in [0, 0.05) is 18.8 Å². The molecule has 5 rings (SSSR count). The lowest BCUT2D eigenvalue weighted by Crippen LogP contribution is -2.35. The number of rotatable bonds is 6. The second-order valence-corrected chi connectivity index (χ2v) is 8.89. The number of hydrogen-bond acceptors (Lipinski definition) is 2. The van der Waals surface area contributed by atoms with E-state index in [-0.39, 0.29) is 0 Å². The van der Waals surface area contributed by atoms with Gasteiger partial charge in [0.15, 0.2) is 0 Å². The van der Waals surface area contributed by atoms with Gasteiger partial charge in [0.1, 0.15) is 0 Å². The summed E-state index contributed by atoms with van der Waals surface area (Å²) in [6.07, 6.45) is 3.78. The molecule has 0 amide bonds. The van der Waals surface area contributed by atoms with Crippen LogP contribution in [0.3, 0.4) is 0 Å². The third-order valence-corrected chi connectivity index (χ3v) is 7.19. The normalized spacial score (nSPS) is 17.9. The molecule has 0 aliphatic carbocycles. The van der Waals surface area contributed by atoms with Crippen LogP contribution in [0.4, 0.5) is 5.69 Å². The number of benzene rings is 4. The predicted octanol–water partition coefficient (Wildman–Crippen LogP) is 7.04. The van der Waals surface area contributed by atoms with E-state index in [0.29, 0.717) is 12.1 Å². The van der Waals surface area contributed by atoms with E-state index >= 15 is 0 Å². The zero-order valence-electron chi connectivity index (χ0n) is 18.7. The van der Waals surface area contributed by atoms with E-state index in [4.69, 9.17) is 0 Å². The lowest BCUT2D eigenvalue weighted by Gasteiger charge is -2.35. The average molecular weight is 409 g/mol. The van der Waals surface area contributed by atoms with Gasteiger partial charge in [-0.3, -0.25) is 0 Å². The second kappa shape index (κ2) is 8.72. The highest BCUT2D eigenvalue weighted by atomic mass is 15.2. The molecule has 2 heteroatoms. The molecule has 31 heavy (non-hydrogen) atoms. The quantitative estimate of drug-likeness (QED) is 0.337. The highest BCUT2D eigenvalue weighted by molar-refractivity contribution is 5.88. The summed E-state index contributed by atoms with van der Waals surface area (Å²) in [6, 6.07) is 32.2. The summed E-state index contributed by atoms with van der Waals surface area (Å²) in [6.45, 7) is 4.69. The van der Waals surface area contributed by atoms with Crippen molar-refractivity contribution in [2.45, 2.75) is 38.3 Å². The fraction of sp³-hybridized carbons (Fsp3) is 0.310. The Hall–Kier alpha value is -2.84. The van der Waals surface area contributed by atoms with Crippen molar-refractivity contribution in [2.24, 2.45) is 0 Å². The summed E-state index contributed by atoms with van der Waals surface area (Å²) in [5.74, 6) is 0. The summed E-state index contributed by atoms with van der Waals surface area (Å²) in [7, 11) is 2.28. The lowest BCUT2D eigenvalue weighted by atomic mass is 9.92. The van der Waals surface area contributed by atoms with Gasteiger partial charge in [0.05, 0.1) is 6.04 Å². The second-order valence-electron chi connectivity index (χ2n) is 8.89. The van der Waals surface area contributed by atoms with Crippen molar-refractivity contribution < 1.29 is 0 Å². The van der Waals surface area contributed by atoms with E-state index in [2.05, 4.69) is 109 Å². The van der Waals surface area contributed by atoms with Crippen LogP contribution in [0.1, 0.15) is 37.8 Å². The molecule has 0 aromatic heterocycles. The van der Waals surface area contributed by atoms with E-state index in [9.17, 15) is 0 Å². The van der Waals surface area contributed by atoms with Crippen molar-refractivity contribution in [1.29, 1.82) is 0 Å². The molecular weight excluding hydrogens is 376 g/mol. The summed E-state index contributed by atoms with van der Waals surface area (Å²) in [5.41, 5.74) is 2.73. The summed E-state index contributed by atoms with van der Waals surface area (Å²) in [4.78, 5) is 5.19. The standard InChI is InChI=1S/C29H32N2/c1-3-31-19-9-14-26(31)21-29(28-16-8-13-23-11-6-7-15-27(23)28)30(2)25-18-17-22-10-4-5-12-24(22)20-25/h4-8,10-13,15-18,20,26,29H,3,9,14,19,21H2,1-2H3. The number of anilines is 1. The fourth-order valence-corrected chi connectivity index (χ4v) is 5.45. The minimum Gasteiger partial charge on any atom is -0.367 e. The molecule has 0 N–H and O–H groups in total. The minimum atomic E-state index is 0.337. The van der Waals surface area contributed by atoms with Crippen molar-refractivity contribution >= 4 is 27.2 Å². The predicted molar refractivity (Wildman–Crippen MR) is 134 cm³/mol. The van der Waals surface area contributed by atoms with Crippen LogP contribution in [0, 0.1) is 0 Å². The van der Waals surface area contributed by atoms with Crippen LogP contribution < -0.4 is 4.90 Å². The van der Waals surface area contributed by atoms with Crippen LogP contribution in [0.2, 0.25) is 0 Å². The van der Waals surface area contributed by atoms with Gasteiger partial charge >= 0.3 is 0 Å². The van der Waals surface area contributed by atoms with Crippen LogP contribution in [0.15, 0.2) is 84.9 Å². The van der Waals surface area contributed by atoms with Crippen molar-refractivity contribution in [3.05, 3.63) is 90.5 Å². The molecule has 2 atom stereocenters. The number of hydrogen-bond donors (Lipinski definition) is 0. The maximum Gasteiger partial charge on any atom is 0.0560 e. The number of fused-ring (bicyclic) bond motifs is 2. The number of nitrogens with zero attached hydrogens (tertiary/aromatic N) is 2. The monoisotopic (exact) mass is 408 g/mol. The Morgan fingerprint density at radius 2 is 1.61 bits per heavy atom. The smallest absolute Gasteiger partial charge is 0.0560 e. The van der Waals surface area contributed by atoms with Crippen LogP contribution in [-0.2, 0) is 0 Å².